The molecule has 0 saturated carbocycles. The Balaban J connectivity index is 1.34. The fraction of sp³-hybridized carbons (Fsp3) is 0. The molecule has 9 aromatic rings. The summed E-state index contributed by atoms with van der Waals surface area (Å²) in [4.78, 5) is 14.4. The topological polar surface area (TPSA) is 39.5 Å². The minimum Gasteiger partial charge on any atom is -0.455 e. The van der Waals surface area contributed by atoms with Gasteiger partial charge in [0, 0.05) is 27.3 Å². The molecule has 6 aromatic carbocycles. The molecular weight excluding hydrogens is 528 g/mol. The van der Waals surface area contributed by atoms with Gasteiger partial charge in [-0.25, -0.2) is 0 Å². The van der Waals surface area contributed by atoms with E-state index in [4.69, 9.17) is 4.42 Å². The van der Waals surface area contributed by atoms with Crippen molar-refractivity contribution in [2.45, 2.75) is 0 Å². The van der Waals surface area contributed by atoms with E-state index in [1.807, 2.05) is 77.4 Å². The molecule has 9 rings (SSSR count). The first-order valence-electron chi connectivity index (χ1n) is 14.4. The fourth-order valence-electron chi connectivity index (χ4n) is 6.64. The normalized spacial score (nSPS) is 11.8. The van der Waals surface area contributed by atoms with Crippen LogP contribution in [0.25, 0.3) is 77.3 Å². The van der Waals surface area contributed by atoms with E-state index in [1.54, 1.807) is 0 Å². The zero-order chi connectivity index (χ0) is 28.5. The van der Waals surface area contributed by atoms with E-state index in [-0.39, 0.29) is 5.56 Å². The maximum absolute atomic E-state index is 14.4. The SMILES string of the molecule is O=c1c2ccccc2n2c3ccccc3c(-c3ccccc3)c2n1-c1ccc(-c2cccc3c2oc2ccccc23)cc1. The van der Waals surface area contributed by atoms with Gasteiger partial charge in [0.05, 0.1) is 22.1 Å². The van der Waals surface area contributed by atoms with Crippen LogP contribution in [0.2, 0.25) is 0 Å². The lowest BCUT2D eigenvalue weighted by atomic mass is 10.0. The Morgan fingerprint density at radius 2 is 1.12 bits per heavy atom. The molecule has 4 heteroatoms. The molecule has 0 bridgehead atoms. The van der Waals surface area contributed by atoms with Crippen molar-refractivity contribution in [3.63, 3.8) is 0 Å². The van der Waals surface area contributed by atoms with Crippen LogP contribution in [0, 0.1) is 0 Å². The van der Waals surface area contributed by atoms with Gasteiger partial charge in [-0.2, -0.15) is 0 Å². The Morgan fingerprint density at radius 3 is 1.91 bits per heavy atom. The minimum atomic E-state index is -0.0461. The third kappa shape index (κ3) is 3.41. The molecule has 0 spiro atoms. The maximum atomic E-state index is 14.4. The van der Waals surface area contributed by atoms with E-state index in [1.165, 1.54) is 0 Å². The number of hydrogen-bond donors (Lipinski definition) is 0. The first-order chi connectivity index (χ1) is 21.3. The summed E-state index contributed by atoms with van der Waals surface area (Å²) in [6.07, 6.45) is 0. The zero-order valence-corrected chi connectivity index (χ0v) is 23.1. The van der Waals surface area contributed by atoms with E-state index >= 15 is 0 Å². The summed E-state index contributed by atoms with van der Waals surface area (Å²) in [7, 11) is 0. The Kier molecular flexibility index (Phi) is 5.02. The lowest BCUT2D eigenvalue weighted by molar-refractivity contribution is 0.670. The molecule has 0 amide bonds. The van der Waals surface area contributed by atoms with Crippen LogP contribution in [0.5, 0.6) is 0 Å². The highest BCUT2D eigenvalue weighted by Crippen LogP contribution is 2.39. The second-order valence-electron chi connectivity index (χ2n) is 10.9. The zero-order valence-electron chi connectivity index (χ0n) is 23.1. The number of benzene rings is 6. The number of para-hydroxylation sites is 4. The predicted octanol–water partition coefficient (Wildman–Crippen LogP) is 9.63. The Hall–Kier alpha value is -5.87. The Bertz CT molecular complexity index is 2570. The number of rotatable bonds is 3. The van der Waals surface area contributed by atoms with E-state index < -0.39 is 0 Å². The molecular formula is C39H24N2O2. The quantitative estimate of drug-likeness (QED) is 0.219. The molecule has 0 aliphatic carbocycles. The molecule has 0 atom stereocenters. The molecule has 3 aromatic heterocycles. The third-order valence-corrected chi connectivity index (χ3v) is 8.54. The van der Waals surface area contributed by atoms with Crippen LogP contribution in [0.3, 0.4) is 0 Å². The van der Waals surface area contributed by atoms with Crippen LogP contribution >= 0.6 is 0 Å². The number of fused-ring (bicyclic) bond motifs is 8. The second kappa shape index (κ2) is 9.07. The van der Waals surface area contributed by atoms with Gasteiger partial charge < -0.3 is 4.42 Å². The molecule has 4 nitrogen and oxygen atoms in total. The van der Waals surface area contributed by atoms with Crippen LogP contribution in [0.4, 0.5) is 0 Å². The molecule has 0 N–H and O–H groups in total. The summed E-state index contributed by atoms with van der Waals surface area (Å²) in [5.74, 6) is 0. The van der Waals surface area contributed by atoms with Crippen LogP contribution < -0.4 is 5.56 Å². The molecule has 43 heavy (non-hydrogen) atoms. The monoisotopic (exact) mass is 552 g/mol. The van der Waals surface area contributed by atoms with Gasteiger partial charge in [0.25, 0.3) is 5.56 Å². The molecule has 3 heterocycles. The van der Waals surface area contributed by atoms with Crippen molar-refractivity contribution < 1.29 is 4.42 Å². The van der Waals surface area contributed by atoms with Crippen LogP contribution in [0.15, 0.2) is 155 Å². The lowest BCUT2D eigenvalue weighted by Crippen LogP contribution is -2.21. The number of nitrogens with zero attached hydrogens (tertiary/aromatic N) is 2. The molecule has 0 aliphatic heterocycles. The van der Waals surface area contributed by atoms with E-state index in [9.17, 15) is 4.79 Å². The summed E-state index contributed by atoms with van der Waals surface area (Å²) < 4.78 is 10.4. The molecule has 202 valence electrons. The van der Waals surface area contributed by atoms with Crippen LogP contribution in [-0.2, 0) is 0 Å². The summed E-state index contributed by atoms with van der Waals surface area (Å²) >= 11 is 0. The summed E-state index contributed by atoms with van der Waals surface area (Å²) in [5.41, 5.74) is 9.47. The number of aromatic nitrogens is 2. The van der Waals surface area contributed by atoms with Crippen molar-refractivity contribution in [1.29, 1.82) is 0 Å². The number of furan rings is 1. The first kappa shape index (κ1) is 23.8. The van der Waals surface area contributed by atoms with Crippen molar-refractivity contribution in [1.82, 2.24) is 8.97 Å². The van der Waals surface area contributed by atoms with Gasteiger partial charge in [-0.3, -0.25) is 13.8 Å². The molecule has 0 saturated heterocycles. The van der Waals surface area contributed by atoms with Crippen LogP contribution in [0.1, 0.15) is 0 Å². The highest BCUT2D eigenvalue weighted by Gasteiger charge is 2.22. The first-order valence-corrected chi connectivity index (χ1v) is 14.4. The Morgan fingerprint density at radius 1 is 0.488 bits per heavy atom. The van der Waals surface area contributed by atoms with Crippen molar-refractivity contribution in [2.24, 2.45) is 0 Å². The predicted molar refractivity (Wildman–Crippen MR) is 176 cm³/mol. The molecule has 0 unspecified atom stereocenters. The highest BCUT2D eigenvalue weighted by molar-refractivity contribution is 6.10. The minimum absolute atomic E-state index is 0.0461. The number of hydrogen-bond acceptors (Lipinski definition) is 2. The average molecular weight is 553 g/mol. The standard InChI is InChI=1S/C39H24N2O2/c42-39-32-15-5-8-19-34(32)41-33-18-7-4-14-31(33)36(26-11-2-1-3-12-26)38(41)40(39)27-23-21-25(22-24-27)28-16-10-17-30-29-13-6-9-20-35(29)43-37(28)30/h1-24H. The van der Waals surface area contributed by atoms with Gasteiger partial charge in [0.2, 0.25) is 0 Å². The van der Waals surface area contributed by atoms with Crippen molar-refractivity contribution in [2.75, 3.05) is 0 Å². The average Bonchev–Trinajstić information content (AvgIpc) is 3.62. The molecule has 0 fully saturated rings. The van der Waals surface area contributed by atoms with Gasteiger partial charge in [0.15, 0.2) is 0 Å². The molecule has 0 aliphatic rings. The van der Waals surface area contributed by atoms with Gasteiger partial charge >= 0.3 is 0 Å². The highest BCUT2D eigenvalue weighted by atomic mass is 16.3. The molecule has 0 radical (unpaired) electrons. The lowest BCUT2D eigenvalue weighted by Gasteiger charge is -2.15. The van der Waals surface area contributed by atoms with Crippen LogP contribution in [-0.4, -0.2) is 8.97 Å². The second-order valence-corrected chi connectivity index (χ2v) is 10.9. The smallest absolute Gasteiger partial charge is 0.266 e. The van der Waals surface area contributed by atoms with E-state index in [0.717, 1.165) is 71.9 Å². The maximum Gasteiger partial charge on any atom is 0.266 e. The fourth-order valence-corrected chi connectivity index (χ4v) is 6.64. The van der Waals surface area contributed by atoms with Gasteiger partial charge in [-0.05, 0) is 47.5 Å². The van der Waals surface area contributed by atoms with E-state index in [2.05, 4.69) is 77.2 Å². The Labute approximate surface area is 246 Å². The summed E-state index contributed by atoms with van der Waals surface area (Å²) in [6.45, 7) is 0. The van der Waals surface area contributed by atoms with Crippen molar-refractivity contribution >= 4 is 49.4 Å². The van der Waals surface area contributed by atoms with E-state index in [0.29, 0.717) is 5.39 Å². The van der Waals surface area contributed by atoms with Gasteiger partial charge in [-0.1, -0.05) is 109 Å². The third-order valence-electron chi connectivity index (χ3n) is 8.54. The van der Waals surface area contributed by atoms with Gasteiger partial charge in [0.1, 0.15) is 16.8 Å². The largest absolute Gasteiger partial charge is 0.455 e. The van der Waals surface area contributed by atoms with Crippen molar-refractivity contribution in [3.05, 3.63) is 156 Å². The summed E-state index contributed by atoms with van der Waals surface area (Å²) in [5, 5.41) is 3.98. The van der Waals surface area contributed by atoms with Crippen molar-refractivity contribution in [3.8, 4) is 27.9 Å². The van der Waals surface area contributed by atoms with Gasteiger partial charge in [-0.15, -0.1) is 0 Å². The summed E-state index contributed by atoms with van der Waals surface area (Å²) in [6, 6.07) is 49.3.